The summed E-state index contributed by atoms with van der Waals surface area (Å²) in [6, 6.07) is 21.0. The fraction of sp³-hybridized carbons (Fsp3) is 0.333. The number of hydrogen-bond donors (Lipinski definition) is 2. The summed E-state index contributed by atoms with van der Waals surface area (Å²) in [7, 11) is 0. The van der Waals surface area contributed by atoms with Crippen LogP contribution in [0.1, 0.15) is 40.2 Å². The summed E-state index contributed by atoms with van der Waals surface area (Å²) < 4.78 is 0. The largest absolute Gasteiger partial charge is 0.355 e. The number of carbonyl (C=O) groups excluding carboxylic acids is 2. The molecule has 2 aliphatic heterocycles. The molecule has 5 rings (SSSR count). The Hall–Kier alpha value is -3.94. The van der Waals surface area contributed by atoms with Gasteiger partial charge >= 0.3 is 0 Å². The molecule has 1 atom stereocenters. The lowest BCUT2D eigenvalue weighted by atomic mass is 9.94. The Kier molecular flexibility index (Phi) is 6.61. The van der Waals surface area contributed by atoms with Crippen molar-refractivity contribution in [1.82, 2.24) is 20.4 Å². The van der Waals surface area contributed by atoms with E-state index < -0.39 is 0 Å². The number of benzene rings is 2. The van der Waals surface area contributed by atoms with Crippen molar-refractivity contribution in [2.75, 3.05) is 31.1 Å². The second-order valence-corrected chi connectivity index (χ2v) is 9.24. The maximum atomic E-state index is 13.0. The Labute approximate surface area is 204 Å². The Balaban J connectivity index is 1.19. The average molecular weight is 472 g/mol. The van der Waals surface area contributed by atoms with Gasteiger partial charge in [-0.15, -0.1) is 0 Å². The molecule has 0 bridgehead atoms. The van der Waals surface area contributed by atoms with E-state index in [1.54, 1.807) is 6.07 Å². The molecule has 1 saturated heterocycles. The summed E-state index contributed by atoms with van der Waals surface area (Å²) in [6.45, 7) is 3.04. The molecule has 1 aromatic heterocycles. The van der Waals surface area contributed by atoms with Crippen LogP contribution in [0.2, 0.25) is 0 Å². The molecule has 2 aromatic carbocycles. The molecule has 2 amide bonds. The van der Waals surface area contributed by atoms with Crippen LogP contribution in [-0.4, -0.2) is 53.1 Å². The highest BCUT2D eigenvalue weighted by Crippen LogP contribution is 2.26. The molecule has 180 valence electrons. The van der Waals surface area contributed by atoms with Crippen LogP contribution in [0.15, 0.2) is 71.5 Å². The molecule has 0 aliphatic carbocycles. The van der Waals surface area contributed by atoms with Crippen LogP contribution in [0.3, 0.4) is 0 Å². The minimum atomic E-state index is -0.226. The predicted molar refractivity (Wildman–Crippen MR) is 133 cm³/mol. The molecule has 2 aliphatic rings. The summed E-state index contributed by atoms with van der Waals surface area (Å²) in [5, 5.41) is 9.72. The van der Waals surface area contributed by atoms with E-state index in [0.717, 1.165) is 35.3 Å². The van der Waals surface area contributed by atoms with E-state index in [4.69, 9.17) is 0 Å². The van der Waals surface area contributed by atoms with Gasteiger partial charge in [-0.2, -0.15) is 5.10 Å². The lowest BCUT2D eigenvalue weighted by Crippen LogP contribution is -2.43. The van der Waals surface area contributed by atoms with E-state index in [9.17, 15) is 14.4 Å². The summed E-state index contributed by atoms with van der Waals surface area (Å²) >= 11 is 0. The fourth-order valence-corrected chi connectivity index (χ4v) is 4.99. The number of piperidine rings is 1. The monoisotopic (exact) mass is 471 g/mol. The summed E-state index contributed by atoms with van der Waals surface area (Å²) in [5.74, 6) is 0.767. The van der Waals surface area contributed by atoms with Gasteiger partial charge in [0.2, 0.25) is 5.91 Å². The normalized spacial score (nSPS) is 16.7. The first-order valence-electron chi connectivity index (χ1n) is 12.1. The Morgan fingerprint density at radius 3 is 2.46 bits per heavy atom. The lowest BCUT2D eigenvalue weighted by molar-refractivity contribution is -0.125. The summed E-state index contributed by atoms with van der Waals surface area (Å²) in [5.41, 5.74) is 2.70. The number of fused-ring (bicyclic) bond motifs is 1. The van der Waals surface area contributed by atoms with Crippen molar-refractivity contribution < 1.29 is 9.59 Å². The first-order valence-corrected chi connectivity index (χ1v) is 12.1. The molecule has 0 saturated carbocycles. The number of aromatic nitrogens is 2. The topological polar surface area (TPSA) is 98.4 Å². The Morgan fingerprint density at radius 2 is 1.74 bits per heavy atom. The van der Waals surface area contributed by atoms with Crippen molar-refractivity contribution in [3.05, 3.63) is 93.8 Å². The number of amides is 2. The van der Waals surface area contributed by atoms with E-state index in [-0.39, 0.29) is 29.2 Å². The van der Waals surface area contributed by atoms with E-state index in [1.165, 1.54) is 6.07 Å². The first kappa shape index (κ1) is 22.8. The first-order chi connectivity index (χ1) is 17.1. The quantitative estimate of drug-likeness (QED) is 0.552. The number of nitrogens with zero attached hydrogens (tertiary/aromatic N) is 3. The number of carbonyl (C=O) groups is 2. The van der Waals surface area contributed by atoms with Gasteiger partial charge in [-0.05, 0) is 36.1 Å². The number of H-pyrrole nitrogens is 1. The van der Waals surface area contributed by atoms with Gasteiger partial charge in [0.1, 0.15) is 5.82 Å². The Bertz CT molecular complexity index is 1230. The van der Waals surface area contributed by atoms with Crippen molar-refractivity contribution in [2.24, 2.45) is 5.92 Å². The van der Waals surface area contributed by atoms with Crippen LogP contribution in [-0.2, 0) is 11.3 Å². The zero-order chi connectivity index (χ0) is 24.2. The van der Waals surface area contributed by atoms with Gasteiger partial charge in [0.05, 0.1) is 0 Å². The van der Waals surface area contributed by atoms with Gasteiger partial charge in [-0.1, -0.05) is 48.5 Å². The average Bonchev–Trinajstić information content (AvgIpc) is 3.22. The molecule has 0 spiro atoms. The third-order valence-corrected chi connectivity index (χ3v) is 6.98. The molecule has 8 nitrogen and oxygen atoms in total. The SMILES string of the molecule is O=C(NCC(CN1Cc2ccccc2C1=O)c1ccccc1)C1CCN(c2ccc(=O)[nH]n2)CC1. The number of anilines is 1. The van der Waals surface area contributed by atoms with Crippen molar-refractivity contribution in [2.45, 2.75) is 25.3 Å². The molecular weight excluding hydrogens is 442 g/mol. The maximum absolute atomic E-state index is 13.0. The lowest BCUT2D eigenvalue weighted by Gasteiger charge is -2.32. The second-order valence-electron chi connectivity index (χ2n) is 9.24. The molecule has 3 heterocycles. The van der Waals surface area contributed by atoms with Crippen LogP contribution in [0, 0.1) is 5.92 Å². The fourth-order valence-electron chi connectivity index (χ4n) is 4.99. The molecule has 8 heteroatoms. The van der Waals surface area contributed by atoms with E-state index in [2.05, 4.69) is 32.5 Å². The second kappa shape index (κ2) is 10.1. The highest BCUT2D eigenvalue weighted by Gasteiger charge is 2.30. The molecule has 3 aromatic rings. The van der Waals surface area contributed by atoms with Gasteiger partial charge in [0.15, 0.2) is 0 Å². The van der Waals surface area contributed by atoms with E-state index in [0.29, 0.717) is 32.7 Å². The molecule has 1 fully saturated rings. The summed E-state index contributed by atoms with van der Waals surface area (Å²) in [6.07, 6.45) is 1.45. The molecule has 1 unspecified atom stereocenters. The summed E-state index contributed by atoms with van der Waals surface area (Å²) in [4.78, 5) is 41.2. The van der Waals surface area contributed by atoms with Crippen LogP contribution in [0.25, 0.3) is 0 Å². The Morgan fingerprint density at radius 1 is 1.00 bits per heavy atom. The molecular formula is C27H29N5O3. The highest BCUT2D eigenvalue weighted by molar-refractivity contribution is 5.98. The van der Waals surface area contributed by atoms with Gasteiger partial charge < -0.3 is 15.1 Å². The molecule has 0 radical (unpaired) electrons. The van der Waals surface area contributed by atoms with Crippen LogP contribution >= 0.6 is 0 Å². The molecule has 35 heavy (non-hydrogen) atoms. The zero-order valence-electron chi connectivity index (χ0n) is 19.5. The number of nitrogens with one attached hydrogen (secondary N) is 2. The van der Waals surface area contributed by atoms with Crippen molar-refractivity contribution in [3.8, 4) is 0 Å². The number of hydrogen-bond acceptors (Lipinski definition) is 5. The van der Waals surface area contributed by atoms with Gasteiger partial charge in [-0.25, -0.2) is 5.10 Å². The maximum Gasteiger partial charge on any atom is 0.264 e. The predicted octanol–water partition coefficient (Wildman–Crippen LogP) is 2.54. The molecule has 2 N–H and O–H groups in total. The van der Waals surface area contributed by atoms with Crippen molar-refractivity contribution >= 4 is 17.6 Å². The number of aromatic amines is 1. The minimum absolute atomic E-state index is 0.00356. The van der Waals surface area contributed by atoms with Crippen LogP contribution < -0.4 is 15.8 Å². The minimum Gasteiger partial charge on any atom is -0.355 e. The third-order valence-electron chi connectivity index (χ3n) is 6.98. The van der Waals surface area contributed by atoms with Crippen LogP contribution in [0.4, 0.5) is 5.82 Å². The van der Waals surface area contributed by atoms with E-state index >= 15 is 0 Å². The van der Waals surface area contributed by atoms with Crippen LogP contribution in [0.5, 0.6) is 0 Å². The van der Waals surface area contributed by atoms with Gasteiger partial charge in [0, 0.05) is 56.2 Å². The van der Waals surface area contributed by atoms with Gasteiger partial charge in [0.25, 0.3) is 11.5 Å². The third kappa shape index (κ3) is 5.11. The number of rotatable bonds is 7. The highest BCUT2D eigenvalue weighted by atomic mass is 16.2. The standard InChI is InChI=1S/C27H29N5O3/c33-25-11-10-24(29-30-25)31-14-12-20(13-15-31)26(34)28-16-22(19-6-2-1-3-7-19)18-32-17-21-8-4-5-9-23(21)27(32)35/h1-11,20,22H,12-18H2,(H,28,34)(H,30,33). The smallest absolute Gasteiger partial charge is 0.264 e. The zero-order valence-corrected chi connectivity index (χ0v) is 19.5. The van der Waals surface area contributed by atoms with Crippen molar-refractivity contribution in [3.63, 3.8) is 0 Å². The van der Waals surface area contributed by atoms with E-state index in [1.807, 2.05) is 47.4 Å². The van der Waals surface area contributed by atoms with Crippen molar-refractivity contribution in [1.29, 1.82) is 0 Å². The van der Waals surface area contributed by atoms with Gasteiger partial charge in [-0.3, -0.25) is 14.4 Å².